The molecule has 1 aromatic rings. The number of carbonyl (C=O) groups is 1. The van der Waals surface area contributed by atoms with Crippen LogP contribution in [0.4, 0.5) is 0 Å². The quantitative estimate of drug-likeness (QED) is 0.880. The van der Waals surface area contributed by atoms with Crippen LogP contribution in [0.25, 0.3) is 0 Å². The Morgan fingerprint density at radius 1 is 1.57 bits per heavy atom. The molecule has 2 heterocycles. The number of amides is 1. The van der Waals surface area contributed by atoms with Gasteiger partial charge in [-0.1, -0.05) is 6.92 Å². The van der Waals surface area contributed by atoms with E-state index in [2.05, 4.69) is 40.0 Å². The third-order valence-electron chi connectivity index (χ3n) is 4.31. The molecule has 1 N–H and O–H groups in total. The Morgan fingerprint density at radius 2 is 2.33 bits per heavy atom. The van der Waals surface area contributed by atoms with Crippen LogP contribution in [-0.4, -0.2) is 41.1 Å². The van der Waals surface area contributed by atoms with Crippen molar-refractivity contribution in [2.75, 3.05) is 19.6 Å². The second-order valence-electron chi connectivity index (χ2n) is 6.13. The van der Waals surface area contributed by atoms with E-state index in [-0.39, 0.29) is 5.91 Å². The zero-order valence-corrected chi connectivity index (χ0v) is 14.8. The van der Waals surface area contributed by atoms with Crippen LogP contribution in [0.3, 0.4) is 0 Å². The maximum absolute atomic E-state index is 12.3. The fraction of sp³-hybridized carbons (Fsp3) is 0.688. The summed E-state index contributed by atoms with van der Waals surface area (Å²) in [6, 6.07) is 2.28. The minimum Gasteiger partial charge on any atom is -0.349 e. The monoisotopic (exact) mass is 355 g/mol. The molecule has 4 nitrogen and oxygen atoms in total. The van der Waals surface area contributed by atoms with Gasteiger partial charge in [0, 0.05) is 36.3 Å². The first-order valence-electron chi connectivity index (χ1n) is 7.89. The van der Waals surface area contributed by atoms with Gasteiger partial charge in [0.1, 0.15) is 5.69 Å². The number of likely N-dealkylation sites (tertiary alicyclic amines) is 1. The Labute approximate surface area is 136 Å². The predicted molar refractivity (Wildman–Crippen MR) is 89.6 cm³/mol. The number of nitrogens with zero attached hydrogens (tertiary/aromatic N) is 2. The highest BCUT2D eigenvalue weighted by molar-refractivity contribution is 9.10. The molecule has 2 rings (SSSR count). The van der Waals surface area contributed by atoms with E-state index in [9.17, 15) is 4.79 Å². The van der Waals surface area contributed by atoms with Crippen LogP contribution in [0.5, 0.6) is 0 Å². The van der Waals surface area contributed by atoms with Crippen LogP contribution in [0.15, 0.2) is 16.7 Å². The van der Waals surface area contributed by atoms with Crippen LogP contribution in [0.2, 0.25) is 0 Å². The molecular weight excluding hydrogens is 330 g/mol. The van der Waals surface area contributed by atoms with Gasteiger partial charge in [0.25, 0.3) is 5.91 Å². The van der Waals surface area contributed by atoms with Gasteiger partial charge in [-0.25, -0.2) is 0 Å². The van der Waals surface area contributed by atoms with Gasteiger partial charge in [0.15, 0.2) is 0 Å². The molecule has 1 amide bonds. The molecule has 1 aliphatic heterocycles. The van der Waals surface area contributed by atoms with Gasteiger partial charge >= 0.3 is 0 Å². The molecule has 0 unspecified atom stereocenters. The zero-order chi connectivity index (χ0) is 15.4. The summed E-state index contributed by atoms with van der Waals surface area (Å²) in [6.45, 7) is 10.4. The van der Waals surface area contributed by atoms with E-state index < -0.39 is 0 Å². The molecule has 0 spiro atoms. The summed E-state index contributed by atoms with van der Waals surface area (Å²) in [5.41, 5.74) is 0.726. The lowest BCUT2D eigenvalue weighted by atomic mass is 9.99. The molecule has 0 saturated carbocycles. The zero-order valence-electron chi connectivity index (χ0n) is 13.2. The van der Waals surface area contributed by atoms with Crippen molar-refractivity contribution in [3.05, 3.63) is 22.4 Å². The van der Waals surface area contributed by atoms with E-state index in [1.165, 1.54) is 12.8 Å². The van der Waals surface area contributed by atoms with Crippen LogP contribution in [-0.2, 0) is 6.54 Å². The molecular formula is C16H26BrN3O. The van der Waals surface area contributed by atoms with Crippen molar-refractivity contribution in [2.45, 2.75) is 46.2 Å². The maximum Gasteiger partial charge on any atom is 0.267 e. The molecule has 0 bridgehead atoms. The molecule has 0 aliphatic carbocycles. The van der Waals surface area contributed by atoms with Crippen LogP contribution < -0.4 is 5.32 Å². The number of aromatic nitrogens is 1. The van der Waals surface area contributed by atoms with Crippen molar-refractivity contribution in [3.8, 4) is 0 Å². The van der Waals surface area contributed by atoms with E-state index in [1.807, 2.05) is 23.8 Å². The van der Waals surface area contributed by atoms with Gasteiger partial charge in [-0.3, -0.25) is 9.69 Å². The fourth-order valence-corrected chi connectivity index (χ4v) is 3.48. The van der Waals surface area contributed by atoms with Crippen molar-refractivity contribution in [3.63, 3.8) is 0 Å². The van der Waals surface area contributed by atoms with Gasteiger partial charge in [0.2, 0.25) is 0 Å². The molecule has 0 aromatic carbocycles. The van der Waals surface area contributed by atoms with E-state index in [0.717, 1.165) is 35.7 Å². The summed E-state index contributed by atoms with van der Waals surface area (Å²) in [7, 11) is 0. The summed E-state index contributed by atoms with van der Waals surface area (Å²) < 4.78 is 2.92. The first-order chi connectivity index (χ1) is 10.0. The van der Waals surface area contributed by atoms with Crippen molar-refractivity contribution >= 4 is 21.8 Å². The predicted octanol–water partition coefficient (Wildman–Crippen LogP) is 3.12. The van der Waals surface area contributed by atoms with Gasteiger partial charge in [-0.2, -0.15) is 0 Å². The fourth-order valence-electron chi connectivity index (χ4n) is 3.01. The molecule has 0 radical (unpaired) electrons. The second-order valence-corrected chi connectivity index (χ2v) is 7.05. The first-order valence-corrected chi connectivity index (χ1v) is 8.68. The van der Waals surface area contributed by atoms with E-state index >= 15 is 0 Å². The Kier molecular flexibility index (Phi) is 5.88. The number of nitrogens with one attached hydrogen (secondary N) is 1. The lowest BCUT2D eigenvalue weighted by Gasteiger charge is -2.35. The Bertz CT molecular complexity index is 486. The summed E-state index contributed by atoms with van der Waals surface area (Å²) in [5, 5.41) is 3.08. The molecule has 1 aliphatic rings. The minimum atomic E-state index is 0.0134. The number of rotatable bonds is 5. The van der Waals surface area contributed by atoms with E-state index in [4.69, 9.17) is 0 Å². The standard InChI is InChI=1S/C16H26BrN3O/c1-4-19-11-14(17)8-15(19)16(21)18-9-13(3)20-7-5-6-12(2)10-20/h8,11-13H,4-7,9-10H2,1-3H3,(H,18,21)/t12-,13-/m1/s1. The third-order valence-corrected chi connectivity index (χ3v) is 4.74. The normalized spacial score (nSPS) is 21.2. The topological polar surface area (TPSA) is 37.3 Å². The highest BCUT2D eigenvalue weighted by Gasteiger charge is 2.21. The SMILES string of the molecule is CCn1cc(Br)cc1C(=O)NC[C@@H](C)N1CCC[C@@H](C)C1. The highest BCUT2D eigenvalue weighted by atomic mass is 79.9. The van der Waals surface area contributed by atoms with Crippen molar-refractivity contribution in [1.82, 2.24) is 14.8 Å². The molecule has 5 heteroatoms. The smallest absolute Gasteiger partial charge is 0.267 e. The Balaban J connectivity index is 1.88. The molecule has 21 heavy (non-hydrogen) atoms. The Morgan fingerprint density at radius 3 is 3.00 bits per heavy atom. The Hall–Kier alpha value is -0.810. The molecule has 1 fully saturated rings. The number of carbonyl (C=O) groups excluding carboxylic acids is 1. The first kappa shape index (κ1) is 16.6. The van der Waals surface area contributed by atoms with Crippen molar-refractivity contribution < 1.29 is 4.79 Å². The van der Waals surface area contributed by atoms with Gasteiger partial charge in [-0.15, -0.1) is 0 Å². The van der Waals surface area contributed by atoms with E-state index in [1.54, 1.807) is 0 Å². The van der Waals surface area contributed by atoms with Gasteiger partial charge in [0.05, 0.1) is 0 Å². The highest BCUT2D eigenvalue weighted by Crippen LogP contribution is 2.18. The molecule has 1 saturated heterocycles. The minimum absolute atomic E-state index is 0.0134. The summed E-state index contributed by atoms with van der Waals surface area (Å²) >= 11 is 3.43. The number of piperidine rings is 1. The van der Waals surface area contributed by atoms with Crippen molar-refractivity contribution in [1.29, 1.82) is 0 Å². The maximum atomic E-state index is 12.3. The number of aryl methyl sites for hydroxylation is 1. The summed E-state index contributed by atoms with van der Waals surface area (Å²) in [6.07, 6.45) is 4.55. The average molecular weight is 356 g/mol. The van der Waals surface area contributed by atoms with E-state index in [0.29, 0.717) is 12.6 Å². The third kappa shape index (κ3) is 4.33. The molecule has 1 aromatic heterocycles. The number of hydrogen-bond donors (Lipinski definition) is 1. The summed E-state index contributed by atoms with van der Waals surface area (Å²) in [5.74, 6) is 0.782. The van der Waals surface area contributed by atoms with Crippen LogP contribution in [0.1, 0.15) is 44.1 Å². The number of halogens is 1. The second kappa shape index (κ2) is 7.45. The number of hydrogen-bond acceptors (Lipinski definition) is 2. The molecule has 118 valence electrons. The molecule has 2 atom stereocenters. The van der Waals surface area contributed by atoms with Crippen LogP contribution >= 0.6 is 15.9 Å². The largest absolute Gasteiger partial charge is 0.349 e. The average Bonchev–Trinajstić information content (AvgIpc) is 2.85. The van der Waals surface area contributed by atoms with Gasteiger partial charge in [-0.05, 0) is 61.1 Å². The van der Waals surface area contributed by atoms with Gasteiger partial charge < -0.3 is 9.88 Å². The lowest BCUT2D eigenvalue weighted by Crippen LogP contribution is -2.46. The summed E-state index contributed by atoms with van der Waals surface area (Å²) in [4.78, 5) is 14.8. The van der Waals surface area contributed by atoms with Crippen molar-refractivity contribution in [2.24, 2.45) is 5.92 Å². The lowest BCUT2D eigenvalue weighted by molar-refractivity contribution is 0.0908. The van der Waals surface area contributed by atoms with Crippen LogP contribution in [0, 0.1) is 5.92 Å².